The molecule has 0 bridgehead atoms. The first-order valence-electron chi connectivity index (χ1n) is 7.08. The van der Waals surface area contributed by atoms with Crippen molar-refractivity contribution in [1.29, 1.82) is 0 Å². The van der Waals surface area contributed by atoms with Gasteiger partial charge in [0.1, 0.15) is 0 Å². The van der Waals surface area contributed by atoms with Gasteiger partial charge in [0, 0.05) is 19.0 Å². The maximum Gasteiger partial charge on any atom is 0.222 e. The Kier molecular flexibility index (Phi) is 6.56. The Morgan fingerprint density at radius 1 is 1.18 bits per heavy atom. The summed E-state index contributed by atoms with van der Waals surface area (Å²) in [7, 11) is 0. The molecule has 3 nitrogen and oxygen atoms in total. The largest absolute Gasteiger partial charge is 0.355 e. The van der Waals surface area contributed by atoms with E-state index >= 15 is 0 Å². The highest BCUT2D eigenvalue weighted by atomic mass is 16.1. The highest BCUT2D eigenvalue weighted by Crippen LogP contribution is 2.27. The van der Waals surface area contributed by atoms with Crippen LogP contribution in [0.3, 0.4) is 0 Å². The van der Waals surface area contributed by atoms with Crippen LogP contribution in [0.2, 0.25) is 0 Å². The van der Waals surface area contributed by atoms with Crippen LogP contribution >= 0.6 is 0 Å². The average Bonchev–Trinajstić information content (AvgIpc) is 2.30. The predicted molar refractivity (Wildman–Crippen MR) is 71.8 cm³/mol. The third-order valence-electron chi connectivity index (χ3n) is 3.69. The van der Waals surface area contributed by atoms with Gasteiger partial charge in [-0.3, -0.25) is 4.79 Å². The molecule has 1 rings (SSSR count). The van der Waals surface area contributed by atoms with Crippen molar-refractivity contribution in [2.75, 3.05) is 19.6 Å². The number of carbonyl (C=O) groups excluding carboxylic acids is 1. The fourth-order valence-electron chi connectivity index (χ4n) is 2.32. The molecule has 0 saturated heterocycles. The number of hydrogen-bond donors (Lipinski definition) is 2. The van der Waals surface area contributed by atoms with Crippen LogP contribution in [-0.4, -0.2) is 25.5 Å². The summed E-state index contributed by atoms with van der Waals surface area (Å²) in [5.74, 6) is 2.02. The van der Waals surface area contributed by atoms with E-state index in [9.17, 15) is 4.79 Å². The fourth-order valence-corrected chi connectivity index (χ4v) is 2.32. The molecule has 0 aromatic carbocycles. The molecule has 0 unspecified atom stereocenters. The van der Waals surface area contributed by atoms with Gasteiger partial charge in [0.25, 0.3) is 0 Å². The number of rotatable bonds is 6. The van der Waals surface area contributed by atoms with Crippen molar-refractivity contribution in [3.63, 3.8) is 0 Å². The molecule has 1 saturated carbocycles. The second-order valence-electron chi connectivity index (χ2n) is 5.78. The number of hydrogen-bond acceptors (Lipinski definition) is 2. The van der Waals surface area contributed by atoms with Gasteiger partial charge in [-0.1, -0.05) is 33.6 Å². The second kappa shape index (κ2) is 7.70. The molecule has 1 aliphatic rings. The summed E-state index contributed by atoms with van der Waals surface area (Å²) in [5, 5.41) is 6.37. The number of carbonyl (C=O) groups is 1. The molecule has 17 heavy (non-hydrogen) atoms. The van der Waals surface area contributed by atoms with Gasteiger partial charge in [-0.25, -0.2) is 0 Å². The minimum absolute atomic E-state index is 0.0924. The monoisotopic (exact) mass is 240 g/mol. The molecule has 0 atom stereocenters. The molecular formula is C14H28N2O. The van der Waals surface area contributed by atoms with E-state index in [4.69, 9.17) is 0 Å². The zero-order chi connectivity index (χ0) is 12.7. The molecule has 0 aromatic heterocycles. The van der Waals surface area contributed by atoms with Gasteiger partial charge in [-0.05, 0) is 31.2 Å². The van der Waals surface area contributed by atoms with Crippen LogP contribution < -0.4 is 10.6 Å². The smallest absolute Gasteiger partial charge is 0.222 e. The topological polar surface area (TPSA) is 41.1 Å². The minimum Gasteiger partial charge on any atom is -0.355 e. The molecule has 1 aliphatic carbocycles. The van der Waals surface area contributed by atoms with Crippen LogP contribution in [0.5, 0.6) is 0 Å². The summed E-state index contributed by atoms with van der Waals surface area (Å²) in [6.07, 6.45) is 5.51. The third-order valence-corrected chi connectivity index (χ3v) is 3.69. The van der Waals surface area contributed by atoms with Crippen molar-refractivity contribution in [1.82, 2.24) is 10.6 Å². The fraction of sp³-hybridized carbons (Fsp3) is 0.929. The molecule has 0 heterocycles. The Hall–Kier alpha value is -0.570. The maximum absolute atomic E-state index is 11.3. The van der Waals surface area contributed by atoms with Gasteiger partial charge in [0.15, 0.2) is 0 Å². The Labute approximate surface area is 106 Å². The molecule has 2 N–H and O–H groups in total. The van der Waals surface area contributed by atoms with Crippen molar-refractivity contribution < 1.29 is 4.79 Å². The molecule has 0 aromatic rings. The second-order valence-corrected chi connectivity index (χ2v) is 5.78. The van der Waals surface area contributed by atoms with Crippen LogP contribution in [0, 0.1) is 17.8 Å². The van der Waals surface area contributed by atoms with Gasteiger partial charge in [-0.2, -0.15) is 0 Å². The summed E-state index contributed by atoms with van der Waals surface area (Å²) in [4.78, 5) is 11.3. The van der Waals surface area contributed by atoms with E-state index in [1.54, 1.807) is 0 Å². The van der Waals surface area contributed by atoms with E-state index in [0.717, 1.165) is 31.5 Å². The standard InChI is InChI=1S/C14H28N2O/c1-11(2)14(17)16-9-8-15-10-13-6-4-12(3)5-7-13/h11-13,15H,4-10H2,1-3H3,(H,16,17). The van der Waals surface area contributed by atoms with Crippen molar-refractivity contribution in [3.8, 4) is 0 Å². The average molecular weight is 240 g/mol. The molecule has 0 spiro atoms. The van der Waals surface area contributed by atoms with E-state index in [1.165, 1.54) is 25.7 Å². The first-order chi connectivity index (χ1) is 8.09. The summed E-state index contributed by atoms with van der Waals surface area (Å²) < 4.78 is 0. The van der Waals surface area contributed by atoms with Gasteiger partial charge in [0.2, 0.25) is 5.91 Å². The summed E-state index contributed by atoms with van der Waals surface area (Å²) in [6, 6.07) is 0. The summed E-state index contributed by atoms with van der Waals surface area (Å²) >= 11 is 0. The van der Waals surface area contributed by atoms with E-state index in [1.807, 2.05) is 13.8 Å². The highest BCUT2D eigenvalue weighted by molar-refractivity contribution is 5.77. The molecule has 0 radical (unpaired) electrons. The van der Waals surface area contributed by atoms with Crippen LogP contribution in [0.15, 0.2) is 0 Å². The predicted octanol–water partition coefficient (Wildman–Crippen LogP) is 2.17. The van der Waals surface area contributed by atoms with Crippen LogP contribution in [-0.2, 0) is 4.79 Å². The van der Waals surface area contributed by atoms with Crippen molar-refractivity contribution >= 4 is 5.91 Å². The Morgan fingerprint density at radius 3 is 2.41 bits per heavy atom. The van der Waals surface area contributed by atoms with E-state index < -0.39 is 0 Å². The lowest BCUT2D eigenvalue weighted by atomic mass is 9.83. The van der Waals surface area contributed by atoms with E-state index in [2.05, 4.69) is 17.6 Å². The summed E-state index contributed by atoms with van der Waals surface area (Å²) in [5.41, 5.74) is 0. The zero-order valence-electron chi connectivity index (χ0n) is 11.6. The lowest BCUT2D eigenvalue weighted by Crippen LogP contribution is -2.36. The van der Waals surface area contributed by atoms with Gasteiger partial charge in [-0.15, -0.1) is 0 Å². The Balaban J connectivity index is 1.96. The highest BCUT2D eigenvalue weighted by Gasteiger charge is 2.17. The molecular weight excluding hydrogens is 212 g/mol. The lowest BCUT2D eigenvalue weighted by molar-refractivity contribution is -0.123. The van der Waals surface area contributed by atoms with Crippen LogP contribution in [0.25, 0.3) is 0 Å². The Bertz CT molecular complexity index is 220. The van der Waals surface area contributed by atoms with Crippen LogP contribution in [0.4, 0.5) is 0 Å². The van der Waals surface area contributed by atoms with E-state index in [-0.39, 0.29) is 11.8 Å². The molecule has 1 amide bonds. The van der Waals surface area contributed by atoms with Gasteiger partial charge < -0.3 is 10.6 Å². The van der Waals surface area contributed by atoms with Gasteiger partial charge in [0.05, 0.1) is 0 Å². The number of nitrogens with one attached hydrogen (secondary N) is 2. The molecule has 100 valence electrons. The third kappa shape index (κ3) is 6.06. The van der Waals surface area contributed by atoms with Crippen molar-refractivity contribution in [3.05, 3.63) is 0 Å². The normalized spacial score (nSPS) is 24.9. The zero-order valence-corrected chi connectivity index (χ0v) is 11.6. The summed E-state index contributed by atoms with van der Waals surface area (Å²) in [6.45, 7) is 8.96. The lowest BCUT2D eigenvalue weighted by Gasteiger charge is -2.26. The van der Waals surface area contributed by atoms with Crippen molar-refractivity contribution in [2.45, 2.75) is 46.5 Å². The van der Waals surface area contributed by atoms with E-state index in [0.29, 0.717) is 0 Å². The minimum atomic E-state index is 0.0924. The quantitative estimate of drug-likeness (QED) is 0.699. The SMILES string of the molecule is CC1CCC(CNCCNC(=O)C(C)C)CC1. The van der Waals surface area contributed by atoms with Crippen LogP contribution in [0.1, 0.15) is 46.5 Å². The molecule has 0 aliphatic heterocycles. The molecule has 3 heteroatoms. The van der Waals surface area contributed by atoms with Crippen molar-refractivity contribution in [2.24, 2.45) is 17.8 Å². The van der Waals surface area contributed by atoms with Gasteiger partial charge >= 0.3 is 0 Å². The first-order valence-corrected chi connectivity index (χ1v) is 7.08. The maximum atomic E-state index is 11.3. The molecule has 1 fully saturated rings. The number of amides is 1. The Morgan fingerprint density at radius 2 is 1.82 bits per heavy atom. The first kappa shape index (κ1) is 14.5.